The standard InChI is InChI=1S/5C16H26O/c1-11-14-13(7-6-9-15(14,3)4)8-10-16(11,5)12(2)17;1-11-9-13-7-6-8-15(3,4)14(13)10-16(11,5)12(2)17;3*1-12(2)7-6-8-15-9-10-16(5,14(4)17)13(3)11-15/h8,11,14H,6-7,9-10H2,1-5H3;11H,6-10H2,1-5H3;2*7,11,13H,6,8-10H2,1-5H3;7,9,13H,6,8,10-11H2,1-5H3/t11-,14-,16-;11-,16-;3*13-,16-/m01101/s1. The van der Waals surface area contributed by atoms with Crippen molar-refractivity contribution in [3.63, 3.8) is 0 Å². The molecular weight excluding hydrogens is 1040 g/mol. The summed E-state index contributed by atoms with van der Waals surface area (Å²) in [6.45, 7) is 52.9. The molecule has 11 atom stereocenters. The molecule has 0 radical (unpaired) electrons. The van der Waals surface area contributed by atoms with Crippen LogP contribution < -0.4 is 0 Å². The van der Waals surface area contributed by atoms with Crippen molar-refractivity contribution in [3.8, 4) is 0 Å². The zero-order valence-electron chi connectivity index (χ0n) is 59.9. The van der Waals surface area contributed by atoms with Crippen LogP contribution in [-0.4, -0.2) is 28.9 Å². The van der Waals surface area contributed by atoms with E-state index in [4.69, 9.17) is 0 Å². The van der Waals surface area contributed by atoms with Gasteiger partial charge in [-0.2, -0.15) is 0 Å². The van der Waals surface area contributed by atoms with Crippen LogP contribution in [0.2, 0.25) is 0 Å². The molecule has 0 heterocycles. The molecule has 0 N–H and O–H groups in total. The largest absolute Gasteiger partial charge is 0.299 e. The molecule has 1 saturated carbocycles. The van der Waals surface area contributed by atoms with Gasteiger partial charge < -0.3 is 0 Å². The Kier molecular flexibility index (Phi) is 28.1. The zero-order chi connectivity index (χ0) is 64.8. The van der Waals surface area contributed by atoms with E-state index in [1.165, 1.54) is 72.0 Å². The third kappa shape index (κ3) is 19.9. The Hall–Kier alpha value is -3.73. The molecule has 0 unspecified atom stereocenters. The van der Waals surface area contributed by atoms with Gasteiger partial charge in [-0.25, -0.2) is 0 Å². The number of Topliss-reactive ketones (excluding diaryl/α,β-unsaturated/α-hetero) is 5. The summed E-state index contributed by atoms with van der Waals surface area (Å²) in [7, 11) is 0. The number of carbonyl (C=O) groups excluding carboxylic acids is 5. The fraction of sp³-hybridized carbons (Fsp3) is 0.738. The first-order valence-electron chi connectivity index (χ1n) is 34.1. The number of fused-ring (bicyclic) bond motifs is 1. The van der Waals surface area contributed by atoms with Crippen LogP contribution in [0, 0.1) is 73.4 Å². The Bertz CT molecular complexity index is 2500. The minimum absolute atomic E-state index is 0.118. The highest BCUT2D eigenvalue weighted by Gasteiger charge is 2.50. The summed E-state index contributed by atoms with van der Waals surface area (Å²) in [5.74, 6) is 4.60. The van der Waals surface area contributed by atoms with Crippen LogP contribution in [0.4, 0.5) is 0 Å². The molecule has 0 spiro atoms. The van der Waals surface area contributed by atoms with E-state index in [9.17, 15) is 24.0 Å². The summed E-state index contributed by atoms with van der Waals surface area (Å²) >= 11 is 0. The molecule has 7 rings (SSSR count). The highest BCUT2D eigenvalue weighted by molar-refractivity contribution is 5.85. The van der Waals surface area contributed by atoms with E-state index >= 15 is 0 Å². The van der Waals surface area contributed by atoms with Crippen molar-refractivity contribution in [1.29, 1.82) is 0 Å². The van der Waals surface area contributed by atoms with E-state index in [1.54, 1.807) is 51.3 Å². The maximum atomic E-state index is 12.0. The minimum Gasteiger partial charge on any atom is -0.299 e. The molecule has 5 heteroatoms. The second kappa shape index (κ2) is 31.6. The summed E-state index contributed by atoms with van der Waals surface area (Å²) in [5, 5.41) is 0. The molecule has 5 nitrogen and oxygen atoms in total. The van der Waals surface area contributed by atoms with Gasteiger partial charge in [0.1, 0.15) is 28.9 Å². The monoisotopic (exact) mass is 1170 g/mol. The fourth-order valence-corrected chi connectivity index (χ4v) is 15.4. The van der Waals surface area contributed by atoms with Gasteiger partial charge in [0, 0.05) is 27.1 Å². The highest BCUT2D eigenvalue weighted by atomic mass is 16.1. The molecule has 0 saturated heterocycles. The Morgan fingerprint density at radius 1 is 0.447 bits per heavy atom. The second-order valence-corrected chi connectivity index (χ2v) is 31.9. The van der Waals surface area contributed by atoms with Gasteiger partial charge in [-0.3, -0.25) is 24.0 Å². The third-order valence-electron chi connectivity index (χ3n) is 24.0. The van der Waals surface area contributed by atoms with E-state index in [2.05, 4.69) is 181 Å². The third-order valence-corrected chi connectivity index (χ3v) is 24.0. The number of hydrogen-bond acceptors (Lipinski definition) is 5. The van der Waals surface area contributed by atoms with Crippen LogP contribution in [0.3, 0.4) is 0 Å². The van der Waals surface area contributed by atoms with Crippen LogP contribution in [-0.2, 0) is 24.0 Å². The zero-order valence-corrected chi connectivity index (χ0v) is 59.9. The SMILES string of the molecule is CC(=O)[C@@]1(C)CC=C2CCCC(C)(C)[C@H]2[C@@H]1C.CC(=O)[C@@]1(C)CCC(CCC=C(C)C)=C[C@@H]1C.CC(=O)[C@]1(C)CC2=C(CCCC2(C)C)C[C@H]1C.CC(=O)[C@]1(C)CC=C(CCC=C(C)C)C[C@H]1C.CC(=O)[C@]1(C)CCC(CCC=C(C)C)=C[C@H]1C. The van der Waals surface area contributed by atoms with E-state index in [-0.39, 0.29) is 27.1 Å². The van der Waals surface area contributed by atoms with Gasteiger partial charge in [0.25, 0.3) is 0 Å². The van der Waals surface area contributed by atoms with E-state index in [1.807, 2.05) is 0 Å². The van der Waals surface area contributed by atoms with Crippen LogP contribution in [0.1, 0.15) is 308 Å². The van der Waals surface area contributed by atoms with Crippen molar-refractivity contribution < 1.29 is 24.0 Å². The quantitative estimate of drug-likeness (QED) is 0.162. The molecule has 0 amide bonds. The molecule has 85 heavy (non-hydrogen) atoms. The summed E-state index contributed by atoms with van der Waals surface area (Å²) in [4.78, 5) is 59.1. The number of carbonyl (C=O) groups is 5. The summed E-state index contributed by atoms with van der Waals surface area (Å²) < 4.78 is 0. The summed E-state index contributed by atoms with van der Waals surface area (Å²) in [6.07, 6.45) is 40.2. The van der Waals surface area contributed by atoms with Crippen molar-refractivity contribution >= 4 is 28.9 Å². The van der Waals surface area contributed by atoms with Gasteiger partial charge in [0.15, 0.2) is 0 Å². The normalized spacial score (nSPS) is 32.5. The lowest BCUT2D eigenvalue weighted by Crippen LogP contribution is -2.46. The molecule has 0 bridgehead atoms. The highest BCUT2D eigenvalue weighted by Crippen LogP contribution is 2.57. The molecule has 7 aliphatic rings. The molecule has 0 aromatic carbocycles. The lowest BCUT2D eigenvalue weighted by atomic mass is 9.52. The van der Waals surface area contributed by atoms with Crippen molar-refractivity contribution in [2.75, 3.05) is 0 Å². The van der Waals surface area contributed by atoms with Crippen LogP contribution in [0.15, 0.2) is 92.7 Å². The van der Waals surface area contributed by atoms with Crippen molar-refractivity contribution in [2.24, 2.45) is 73.4 Å². The minimum atomic E-state index is -0.136. The Balaban J connectivity index is 0.000000278. The molecule has 480 valence electrons. The van der Waals surface area contributed by atoms with E-state index in [0.717, 1.165) is 96.3 Å². The van der Waals surface area contributed by atoms with E-state index in [0.29, 0.717) is 75.3 Å². The van der Waals surface area contributed by atoms with Gasteiger partial charge >= 0.3 is 0 Å². The first kappa shape index (κ1) is 75.5. The maximum absolute atomic E-state index is 12.0. The smallest absolute Gasteiger partial charge is 0.136 e. The number of rotatable bonds is 14. The number of hydrogen-bond donors (Lipinski definition) is 0. The second-order valence-electron chi connectivity index (χ2n) is 31.9. The van der Waals surface area contributed by atoms with Gasteiger partial charge in [-0.05, 0) is 257 Å². The van der Waals surface area contributed by atoms with Gasteiger partial charge in [-0.1, -0.05) is 190 Å². The summed E-state index contributed by atoms with van der Waals surface area (Å²) in [6, 6.07) is 0. The van der Waals surface area contributed by atoms with E-state index < -0.39 is 0 Å². The fourth-order valence-electron chi connectivity index (χ4n) is 15.4. The maximum Gasteiger partial charge on any atom is 0.136 e. The molecule has 7 aliphatic carbocycles. The number of allylic oxidation sites excluding steroid dienone is 16. The molecule has 0 aliphatic heterocycles. The van der Waals surface area contributed by atoms with Gasteiger partial charge in [0.05, 0.1) is 0 Å². The average Bonchev–Trinajstić information content (AvgIpc) is 0.959. The van der Waals surface area contributed by atoms with Crippen molar-refractivity contribution in [1.82, 2.24) is 0 Å². The van der Waals surface area contributed by atoms with Crippen molar-refractivity contribution in [3.05, 3.63) is 92.7 Å². The lowest BCUT2D eigenvalue weighted by Gasteiger charge is -2.52. The van der Waals surface area contributed by atoms with Gasteiger partial charge in [0.2, 0.25) is 0 Å². The first-order chi connectivity index (χ1) is 39.1. The van der Waals surface area contributed by atoms with Crippen LogP contribution in [0.25, 0.3) is 0 Å². The first-order valence-corrected chi connectivity index (χ1v) is 34.1. The van der Waals surface area contributed by atoms with Crippen LogP contribution in [0.5, 0.6) is 0 Å². The molecule has 0 aromatic heterocycles. The molecular formula is C80H130O5. The predicted octanol–water partition coefficient (Wildman–Crippen LogP) is 22.9. The number of ketones is 5. The Labute approximate surface area is 524 Å². The molecule has 1 fully saturated rings. The lowest BCUT2D eigenvalue weighted by molar-refractivity contribution is -0.131. The molecule has 0 aromatic rings. The van der Waals surface area contributed by atoms with Crippen LogP contribution >= 0.6 is 0 Å². The predicted molar refractivity (Wildman–Crippen MR) is 365 cm³/mol. The summed E-state index contributed by atoms with van der Waals surface area (Å²) in [5.41, 5.74) is 13.8. The van der Waals surface area contributed by atoms with Gasteiger partial charge in [-0.15, -0.1) is 0 Å². The van der Waals surface area contributed by atoms with Crippen molar-refractivity contribution in [2.45, 2.75) is 308 Å². The Morgan fingerprint density at radius 2 is 0.847 bits per heavy atom. The average molecular weight is 1170 g/mol. The Morgan fingerprint density at radius 3 is 1.25 bits per heavy atom. The topological polar surface area (TPSA) is 85.3 Å².